The molecule has 0 aromatic carbocycles. The van der Waals surface area contributed by atoms with Gasteiger partial charge in [-0.05, 0) is 12.8 Å². The molecule has 1 aliphatic heterocycles. The molecule has 1 rings (SSSR count). The zero-order chi connectivity index (χ0) is 8.65. The van der Waals surface area contributed by atoms with Crippen molar-refractivity contribution in [3.63, 3.8) is 0 Å². The maximum atomic E-state index is 4.23. The van der Waals surface area contributed by atoms with Crippen LogP contribution in [0.5, 0.6) is 0 Å². The predicted octanol–water partition coefficient (Wildman–Crippen LogP) is 2.35. The Balaban J connectivity index is 2.27. The number of aliphatic imine (C=N–C) groups is 1. The Morgan fingerprint density at radius 2 is 1.67 bits per heavy atom. The SMILES string of the molecule is CN=C1CCCCCCCCN1. The lowest BCUT2D eigenvalue weighted by atomic mass is 10.1. The van der Waals surface area contributed by atoms with E-state index in [1.165, 1.54) is 44.4 Å². The molecule has 0 atom stereocenters. The highest BCUT2D eigenvalue weighted by Crippen LogP contribution is 2.08. The van der Waals surface area contributed by atoms with Gasteiger partial charge in [0.05, 0.1) is 5.84 Å². The van der Waals surface area contributed by atoms with Crippen molar-refractivity contribution in [2.24, 2.45) is 4.99 Å². The summed E-state index contributed by atoms with van der Waals surface area (Å²) in [5, 5.41) is 3.39. The third-order valence-corrected chi connectivity index (χ3v) is 2.44. The van der Waals surface area contributed by atoms with Gasteiger partial charge < -0.3 is 5.32 Å². The van der Waals surface area contributed by atoms with E-state index < -0.39 is 0 Å². The van der Waals surface area contributed by atoms with Crippen LogP contribution in [0.4, 0.5) is 0 Å². The number of rotatable bonds is 0. The van der Waals surface area contributed by atoms with E-state index in [2.05, 4.69) is 10.3 Å². The minimum atomic E-state index is 1.12. The fourth-order valence-electron chi connectivity index (χ4n) is 1.64. The second kappa shape index (κ2) is 6.04. The highest BCUT2D eigenvalue weighted by molar-refractivity contribution is 5.81. The van der Waals surface area contributed by atoms with Crippen molar-refractivity contribution in [1.82, 2.24) is 5.32 Å². The zero-order valence-corrected chi connectivity index (χ0v) is 8.10. The molecular weight excluding hydrogens is 148 g/mol. The maximum absolute atomic E-state index is 4.23. The van der Waals surface area contributed by atoms with E-state index in [0.29, 0.717) is 0 Å². The van der Waals surface area contributed by atoms with Crippen LogP contribution in [0.15, 0.2) is 4.99 Å². The summed E-state index contributed by atoms with van der Waals surface area (Å²) in [6.07, 6.45) is 9.34. The Morgan fingerprint density at radius 3 is 2.42 bits per heavy atom. The van der Waals surface area contributed by atoms with Crippen molar-refractivity contribution in [2.45, 2.75) is 44.9 Å². The van der Waals surface area contributed by atoms with Crippen LogP contribution in [0, 0.1) is 0 Å². The van der Waals surface area contributed by atoms with E-state index >= 15 is 0 Å². The van der Waals surface area contributed by atoms with E-state index in [0.717, 1.165) is 13.0 Å². The molecular formula is C10H20N2. The van der Waals surface area contributed by atoms with Gasteiger partial charge in [0.1, 0.15) is 0 Å². The lowest BCUT2D eigenvalue weighted by Crippen LogP contribution is -2.24. The summed E-state index contributed by atoms with van der Waals surface area (Å²) < 4.78 is 0. The van der Waals surface area contributed by atoms with E-state index in [4.69, 9.17) is 0 Å². The minimum absolute atomic E-state index is 1.12. The fraction of sp³-hybridized carbons (Fsp3) is 0.900. The van der Waals surface area contributed by atoms with Crippen LogP contribution in [-0.4, -0.2) is 19.4 Å². The van der Waals surface area contributed by atoms with Gasteiger partial charge in [-0.25, -0.2) is 0 Å². The molecule has 0 aromatic rings. The number of hydrogen-bond donors (Lipinski definition) is 1. The first kappa shape index (κ1) is 9.56. The van der Waals surface area contributed by atoms with Gasteiger partial charge in [0.2, 0.25) is 0 Å². The quantitative estimate of drug-likeness (QED) is 0.590. The molecule has 2 nitrogen and oxygen atoms in total. The summed E-state index contributed by atoms with van der Waals surface area (Å²) in [5.41, 5.74) is 0. The largest absolute Gasteiger partial charge is 0.374 e. The predicted molar refractivity (Wildman–Crippen MR) is 53.7 cm³/mol. The second-order valence-corrected chi connectivity index (χ2v) is 3.47. The molecule has 0 radical (unpaired) electrons. The first-order valence-corrected chi connectivity index (χ1v) is 5.13. The molecule has 2 heteroatoms. The normalized spacial score (nSPS) is 24.9. The average molecular weight is 168 g/mol. The van der Waals surface area contributed by atoms with Crippen molar-refractivity contribution in [2.75, 3.05) is 13.6 Å². The summed E-state index contributed by atoms with van der Waals surface area (Å²) in [5.74, 6) is 1.21. The first-order valence-electron chi connectivity index (χ1n) is 5.13. The first-order chi connectivity index (χ1) is 5.93. The van der Waals surface area contributed by atoms with E-state index in [1.807, 2.05) is 7.05 Å². The smallest absolute Gasteiger partial charge is 0.0959 e. The van der Waals surface area contributed by atoms with Gasteiger partial charge in [-0.3, -0.25) is 4.99 Å². The maximum Gasteiger partial charge on any atom is 0.0959 e. The molecule has 0 saturated carbocycles. The molecule has 1 fully saturated rings. The Morgan fingerprint density at radius 1 is 1.00 bits per heavy atom. The van der Waals surface area contributed by atoms with E-state index in [1.54, 1.807) is 0 Å². The second-order valence-electron chi connectivity index (χ2n) is 3.47. The summed E-state index contributed by atoms with van der Waals surface area (Å²) in [6.45, 7) is 1.12. The summed E-state index contributed by atoms with van der Waals surface area (Å²) in [4.78, 5) is 4.23. The number of nitrogens with zero attached hydrogens (tertiary/aromatic N) is 1. The standard InChI is InChI=1S/C10H20N2/c1-11-10-8-6-4-2-3-5-7-9-12-10/h2-9H2,1H3,(H,11,12). The van der Waals surface area contributed by atoms with Crippen molar-refractivity contribution in [3.8, 4) is 0 Å². The van der Waals surface area contributed by atoms with Crippen LogP contribution in [0.1, 0.15) is 44.9 Å². The lowest BCUT2D eigenvalue weighted by molar-refractivity contribution is 0.578. The van der Waals surface area contributed by atoms with Gasteiger partial charge in [0.15, 0.2) is 0 Å². The molecule has 1 heterocycles. The number of nitrogens with one attached hydrogen (secondary N) is 1. The third kappa shape index (κ3) is 3.74. The molecule has 1 aliphatic rings. The van der Waals surface area contributed by atoms with Crippen LogP contribution >= 0.6 is 0 Å². The molecule has 12 heavy (non-hydrogen) atoms. The molecule has 0 spiro atoms. The van der Waals surface area contributed by atoms with Crippen molar-refractivity contribution in [1.29, 1.82) is 0 Å². The Bertz CT molecular complexity index is 129. The molecule has 0 aromatic heterocycles. The highest BCUT2D eigenvalue weighted by atomic mass is 15.0. The topological polar surface area (TPSA) is 24.4 Å². The molecule has 0 aliphatic carbocycles. The average Bonchev–Trinajstić information content (AvgIpc) is 2.14. The van der Waals surface area contributed by atoms with Gasteiger partial charge in [-0.15, -0.1) is 0 Å². The molecule has 70 valence electrons. The Hall–Kier alpha value is -0.530. The van der Waals surface area contributed by atoms with Crippen LogP contribution in [0.2, 0.25) is 0 Å². The lowest BCUT2D eigenvalue weighted by Gasteiger charge is -2.11. The van der Waals surface area contributed by atoms with Crippen LogP contribution in [0.3, 0.4) is 0 Å². The fourth-order valence-corrected chi connectivity index (χ4v) is 1.64. The third-order valence-electron chi connectivity index (χ3n) is 2.44. The summed E-state index contributed by atoms with van der Waals surface area (Å²) in [6, 6.07) is 0. The van der Waals surface area contributed by atoms with Gasteiger partial charge in [0, 0.05) is 20.0 Å². The summed E-state index contributed by atoms with van der Waals surface area (Å²) in [7, 11) is 1.88. The monoisotopic (exact) mass is 168 g/mol. The van der Waals surface area contributed by atoms with E-state index in [-0.39, 0.29) is 0 Å². The molecule has 0 amide bonds. The number of amidine groups is 1. The van der Waals surface area contributed by atoms with Crippen molar-refractivity contribution in [3.05, 3.63) is 0 Å². The zero-order valence-electron chi connectivity index (χ0n) is 8.10. The highest BCUT2D eigenvalue weighted by Gasteiger charge is 2.00. The molecule has 1 N–H and O–H groups in total. The molecule has 0 bridgehead atoms. The van der Waals surface area contributed by atoms with Crippen molar-refractivity contribution >= 4 is 5.84 Å². The van der Waals surface area contributed by atoms with E-state index in [9.17, 15) is 0 Å². The van der Waals surface area contributed by atoms with Crippen LogP contribution in [-0.2, 0) is 0 Å². The Labute approximate surface area is 75.5 Å². The van der Waals surface area contributed by atoms with Crippen LogP contribution < -0.4 is 5.32 Å². The van der Waals surface area contributed by atoms with Gasteiger partial charge in [0.25, 0.3) is 0 Å². The molecule has 0 unspecified atom stereocenters. The molecule has 1 saturated heterocycles. The van der Waals surface area contributed by atoms with Crippen LogP contribution in [0.25, 0.3) is 0 Å². The van der Waals surface area contributed by atoms with Gasteiger partial charge in [-0.1, -0.05) is 25.7 Å². The number of hydrogen-bond acceptors (Lipinski definition) is 1. The Kier molecular flexibility index (Phi) is 4.81. The van der Waals surface area contributed by atoms with Gasteiger partial charge >= 0.3 is 0 Å². The minimum Gasteiger partial charge on any atom is -0.374 e. The van der Waals surface area contributed by atoms with Gasteiger partial charge in [-0.2, -0.15) is 0 Å². The summed E-state index contributed by atoms with van der Waals surface area (Å²) >= 11 is 0. The van der Waals surface area contributed by atoms with Crippen molar-refractivity contribution < 1.29 is 0 Å².